The lowest BCUT2D eigenvalue weighted by molar-refractivity contribution is 1.08. The maximum atomic E-state index is 9.51. The monoisotopic (exact) mass is 712 g/mol. The van der Waals surface area contributed by atoms with Gasteiger partial charge in [-0.25, -0.2) is 15.0 Å². The zero-order valence-corrected chi connectivity index (χ0v) is 29.8. The topological polar surface area (TPSA) is 88.2 Å². The molecular weight excluding hydrogens is 685 g/mol. The zero-order chi connectivity index (χ0) is 37.2. The molecule has 0 unspecified atom stereocenters. The van der Waals surface area contributed by atoms with Crippen LogP contribution in [-0.2, 0) is 0 Å². The van der Waals surface area contributed by atoms with Crippen molar-refractivity contribution < 1.29 is 0 Å². The van der Waals surface area contributed by atoms with Crippen molar-refractivity contribution in [1.82, 2.24) is 24.9 Å². The van der Waals surface area contributed by atoms with Crippen molar-refractivity contribution >= 4 is 32.4 Å². The SMILES string of the molecule is N#Cc1ccc(-c2ccc3c4c(ccc(-c5ccc(-c6nc(-c7cccc8cnccc78)nc(-c7cccc8ncccc78)n6)cc5)c24)-c2ccccc2-3)cc1. The summed E-state index contributed by atoms with van der Waals surface area (Å²) < 4.78 is 0. The van der Waals surface area contributed by atoms with Crippen LogP contribution in [0.2, 0.25) is 0 Å². The molecular formula is C50H28N6. The van der Waals surface area contributed by atoms with E-state index in [9.17, 15) is 5.26 Å². The lowest BCUT2D eigenvalue weighted by atomic mass is 9.88. The van der Waals surface area contributed by atoms with Gasteiger partial charge < -0.3 is 0 Å². The van der Waals surface area contributed by atoms with E-state index in [-0.39, 0.29) is 0 Å². The van der Waals surface area contributed by atoms with Crippen LogP contribution in [0.3, 0.4) is 0 Å². The van der Waals surface area contributed by atoms with E-state index >= 15 is 0 Å². The third kappa shape index (κ3) is 4.99. The van der Waals surface area contributed by atoms with Crippen LogP contribution in [0, 0.1) is 11.3 Å². The quantitative estimate of drug-likeness (QED) is 0.176. The van der Waals surface area contributed by atoms with Crippen LogP contribution in [0.1, 0.15) is 5.56 Å². The minimum Gasteiger partial charge on any atom is -0.264 e. The second kappa shape index (κ2) is 12.6. The molecule has 0 saturated heterocycles. The lowest BCUT2D eigenvalue weighted by Crippen LogP contribution is -2.01. The van der Waals surface area contributed by atoms with Crippen LogP contribution in [0.25, 0.3) is 111 Å². The van der Waals surface area contributed by atoms with Crippen molar-refractivity contribution in [3.8, 4) is 84.7 Å². The van der Waals surface area contributed by atoms with Crippen molar-refractivity contribution in [3.63, 3.8) is 0 Å². The van der Waals surface area contributed by atoms with Crippen molar-refractivity contribution in [3.05, 3.63) is 176 Å². The highest BCUT2D eigenvalue weighted by molar-refractivity contribution is 6.22. The lowest BCUT2D eigenvalue weighted by Gasteiger charge is -2.15. The van der Waals surface area contributed by atoms with Crippen molar-refractivity contribution in [1.29, 1.82) is 5.26 Å². The maximum Gasteiger partial charge on any atom is 0.164 e. The molecule has 0 N–H and O–H groups in total. The van der Waals surface area contributed by atoms with Gasteiger partial charge in [0.25, 0.3) is 0 Å². The standard InChI is InChI=1S/C50H28N6/c51-28-30-13-15-31(16-14-30)36-21-23-41-38-7-1-2-8-39(38)42-24-22-37(46(36)47(41)42)32-17-19-33(20-18-32)48-54-49(43-9-3-6-34-29-52-27-25-35(34)43)56-50(55-48)44-10-4-12-45-40(44)11-5-26-53-45/h1-27,29H. The number of nitriles is 1. The Morgan fingerprint density at radius 3 is 1.66 bits per heavy atom. The van der Waals surface area contributed by atoms with E-state index in [4.69, 9.17) is 15.0 Å². The number of benzene rings is 7. The third-order valence-corrected chi connectivity index (χ3v) is 10.9. The van der Waals surface area contributed by atoms with Crippen molar-refractivity contribution in [2.45, 2.75) is 0 Å². The number of nitrogens with zero attached hydrogens (tertiary/aromatic N) is 6. The van der Waals surface area contributed by atoms with E-state index in [0.717, 1.165) is 60.6 Å². The van der Waals surface area contributed by atoms with Gasteiger partial charge >= 0.3 is 0 Å². The molecule has 0 saturated carbocycles. The molecule has 0 radical (unpaired) electrons. The number of hydrogen-bond donors (Lipinski definition) is 0. The Morgan fingerprint density at radius 2 is 0.964 bits per heavy atom. The van der Waals surface area contributed by atoms with E-state index in [2.05, 4.69) is 107 Å². The molecule has 258 valence electrons. The van der Waals surface area contributed by atoms with Crippen molar-refractivity contribution in [2.24, 2.45) is 0 Å². The number of hydrogen-bond acceptors (Lipinski definition) is 6. The molecule has 0 fully saturated rings. The van der Waals surface area contributed by atoms with Gasteiger partial charge in [-0.05, 0) is 91.0 Å². The Balaban J connectivity index is 1.09. The summed E-state index contributed by atoms with van der Waals surface area (Å²) in [5, 5.41) is 15.0. The third-order valence-electron chi connectivity index (χ3n) is 10.9. The molecule has 1 aliphatic carbocycles. The van der Waals surface area contributed by atoms with Gasteiger partial charge in [-0.15, -0.1) is 0 Å². The number of aromatic nitrogens is 5. The average Bonchev–Trinajstić information content (AvgIpc) is 3.60. The second-order valence-corrected chi connectivity index (χ2v) is 14.0. The first-order chi connectivity index (χ1) is 27.7. The van der Waals surface area contributed by atoms with Crippen LogP contribution in [0.5, 0.6) is 0 Å². The molecule has 3 aromatic heterocycles. The first kappa shape index (κ1) is 31.6. The molecule has 0 amide bonds. The van der Waals surface area contributed by atoms with Crippen molar-refractivity contribution in [2.75, 3.05) is 0 Å². The highest BCUT2D eigenvalue weighted by atomic mass is 15.0. The van der Waals surface area contributed by atoms with Gasteiger partial charge in [-0.2, -0.15) is 5.26 Å². The summed E-state index contributed by atoms with van der Waals surface area (Å²) in [6.07, 6.45) is 5.47. The Morgan fingerprint density at radius 1 is 0.393 bits per heavy atom. The Labute approximate surface area is 322 Å². The first-order valence-electron chi connectivity index (χ1n) is 18.5. The number of pyridine rings is 2. The van der Waals surface area contributed by atoms with Gasteiger partial charge in [-0.1, -0.05) is 121 Å². The number of rotatable bonds is 5. The van der Waals surface area contributed by atoms with E-state index in [1.54, 1.807) is 12.4 Å². The predicted octanol–water partition coefficient (Wildman–Crippen LogP) is 12.0. The summed E-state index contributed by atoms with van der Waals surface area (Å²) in [5.74, 6) is 1.75. The van der Waals surface area contributed by atoms with E-state index in [1.807, 2.05) is 66.9 Å². The van der Waals surface area contributed by atoms with Crippen LogP contribution >= 0.6 is 0 Å². The molecule has 0 atom stereocenters. The molecule has 6 heteroatoms. The highest BCUT2D eigenvalue weighted by Gasteiger charge is 2.25. The highest BCUT2D eigenvalue weighted by Crippen LogP contribution is 2.52. The Bertz CT molecular complexity index is 3120. The molecule has 7 aromatic carbocycles. The van der Waals surface area contributed by atoms with Crippen LogP contribution in [-0.4, -0.2) is 24.9 Å². The fraction of sp³-hybridized carbons (Fsp3) is 0. The van der Waals surface area contributed by atoms with E-state index in [1.165, 1.54) is 33.0 Å². The van der Waals surface area contributed by atoms with Crippen LogP contribution in [0.15, 0.2) is 170 Å². The molecule has 11 rings (SSSR count). The molecule has 1 aliphatic rings. The Kier molecular flexibility index (Phi) is 7.13. The molecule has 0 aliphatic heterocycles. The summed E-state index contributed by atoms with van der Waals surface area (Å²) in [7, 11) is 0. The minimum absolute atomic E-state index is 0.581. The molecule has 3 heterocycles. The predicted molar refractivity (Wildman–Crippen MR) is 224 cm³/mol. The van der Waals surface area contributed by atoms with Crippen LogP contribution in [0.4, 0.5) is 0 Å². The maximum absolute atomic E-state index is 9.51. The van der Waals surface area contributed by atoms with E-state index < -0.39 is 0 Å². The fourth-order valence-electron chi connectivity index (χ4n) is 8.26. The van der Waals surface area contributed by atoms with E-state index in [0.29, 0.717) is 23.0 Å². The van der Waals surface area contributed by atoms with Gasteiger partial charge in [0, 0.05) is 46.1 Å². The van der Waals surface area contributed by atoms with Gasteiger partial charge in [0.05, 0.1) is 17.1 Å². The summed E-state index contributed by atoms with van der Waals surface area (Å²) in [6.45, 7) is 0. The summed E-state index contributed by atoms with van der Waals surface area (Å²) in [4.78, 5) is 24.3. The average molecular weight is 713 g/mol. The van der Waals surface area contributed by atoms with Gasteiger partial charge in [0.15, 0.2) is 17.5 Å². The number of fused-ring (bicyclic) bond motifs is 5. The molecule has 0 bridgehead atoms. The smallest absolute Gasteiger partial charge is 0.164 e. The van der Waals surface area contributed by atoms with Gasteiger partial charge in [0.1, 0.15) is 0 Å². The molecule has 56 heavy (non-hydrogen) atoms. The van der Waals surface area contributed by atoms with Gasteiger partial charge in [-0.3, -0.25) is 9.97 Å². The zero-order valence-electron chi connectivity index (χ0n) is 29.8. The summed E-state index contributed by atoms with van der Waals surface area (Å²) >= 11 is 0. The summed E-state index contributed by atoms with van der Waals surface area (Å²) in [5.41, 5.74) is 13.6. The molecule has 0 spiro atoms. The molecule has 6 nitrogen and oxygen atoms in total. The summed E-state index contributed by atoms with van der Waals surface area (Å²) in [6, 6.07) is 54.5. The largest absolute Gasteiger partial charge is 0.264 e. The van der Waals surface area contributed by atoms with Crippen LogP contribution < -0.4 is 0 Å². The second-order valence-electron chi connectivity index (χ2n) is 14.0. The van der Waals surface area contributed by atoms with Gasteiger partial charge in [0.2, 0.25) is 0 Å². The normalized spacial score (nSPS) is 11.6. The first-order valence-corrected chi connectivity index (χ1v) is 18.5. The fourth-order valence-corrected chi connectivity index (χ4v) is 8.26. The minimum atomic E-state index is 0.581. The molecule has 10 aromatic rings. The Hall–Kier alpha value is -7.88.